The Morgan fingerprint density at radius 1 is 1.29 bits per heavy atom. The maximum atomic E-state index is 13.0. The van der Waals surface area contributed by atoms with Gasteiger partial charge in [-0.3, -0.25) is 10.1 Å². The van der Waals surface area contributed by atoms with Crippen molar-refractivity contribution in [2.24, 2.45) is 5.92 Å². The molecule has 0 bridgehead atoms. The minimum atomic E-state index is -4.19. The van der Waals surface area contributed by atoms with Gasteiger partial charge in [0.2, 0.25) is 0 Å². The Balaban J connectivity index is 2.01. The predicted molar refractivity (Wildman–Crippen MR) is 71.7 cm³/mol. The van der Waals surface area contributed by atoms with Crippen molar-refractivity contribution in [2.75, 3.05) is 0 Å². The number of hydrogen-bond acceptors (Lipinski definition) is 3. The molecule has 1 aliphatic carbocycles. The van der Waals surface area contributed by atoms with Crippen molar-refractivity contribution >= 4 is 5.69 Å². The van der Waals surface area contributed by atoms with Crippen molar-refractivity contribution in [3.63, 3.8) is 0 Å². The SMILES string of the molecule is O=[N+]([O-])c1cccc(CNC2CCCCC2C(F)(F)F)c1. The number of halogens is 3. The molecule has 1 aliphatic rings. The molecule has 1 fully saturated rings. The average Bonchev–Trinajstić information content (AvgIpc) is 2.45. The van der Waals surface area contributed by atoms with Gasteiger partial charge in [0.1, 0.15) is 0 Å². The van der Waals surface area contributed by atoms with Crippen molar-refractivity contribution < 1.29 is 18.1 Å². The summed E-state index contributed by atoms with van der Waals surface area (Å²) in [4.78, 5) is 10.2. The van der Waals surface area contributed by atoms with Crippen LogP contribution in [0.2, 0.25) is 0 Å². The van der Waals surface area contributed by atoms with E-state index in [2.05, 4.69) is 5.32 Å². The van der Waals surface area contributed by atoms with Crippen LogP contribution in [0.15, 0.2) is 24.3 Å². The smallest absolute Gasteiger partial charge is 0.309 e. The molecule has 1 N–H and O–H groups in total. The number of alkyl halides is 3. The first kappa shape index (κ1) is 15.8. The standard InChI is InChI=1S/C14H17F3N2O2/c15-14(16,17)12-6-1-2-7-13(12)18-9-10-4-3-5-11(8-10)19(20)21/h3-5,8,12-13,18H,1-2,6-7,9H2. The summed E-state index contributed by atoms with van der Waals surface area (Å²) in [5, 5.41) is 13.6. The van der Waals surface area contributed by atoms with Crippen LogP contribution < -0.4 is 5.32 Å². The first-order valence-electron chi connectivity index (χ1n) is 6.91. The second-order valence-corrected chi connectivity index (χ2v) is 5.35. The van der Waals surface area contributed by atoms with E-state index in [0.29, 0.717) is 18.4 Å². The highest BCUT2D eigenvalue weighted by molar-refractivity contribution is 5.34. The topological polar surface area (TPSA) is 55.2 Å². The fraction of sp³-hybridized carbons (Fsp3) is 0.571. The molecule has 7 heteroatoms. The maximum absolute atomic E-state index is 13.0. The molecule has 0 aliphatic heterocycles. The molecule has 0 heterocycles. The summed E-state index contributed by atoms with van der Waals surface area (Å²) in [6.45, 7) is 0.207. The second-order valence-electron chi connectivity index (χ2n) is 5.35. The largest absolute Gasteiger partial charge is 0.393 e. The van der Waals surface area contributed by atoms with Crippen LogP contribution in [-0.4, -0.2) is 17.1 Å². The molecule has 0 spiro atoms. The number of nitro groups is 1. The Hall–Kier alpha value is -1.63. The zero-order chi connectivity index (χ0) is 15.5. The summed E-state index contributed by atoms with van der Waals surface area (Å²) in [7, 11) is 0. The van der Waals surface area contributed by atoms with E-state index in [1.807, 2.05) is 0 Å². The minimum absolute atomic E-state index is 0.0506. The van der Waals surface area contributed by atoms with Gasteiger partial charge in [0.05, 0.1) is 10.8 Å². The summed E-state index contributed by atoms with van der Waals surface area (Å²) in [6.07, 6.45) is -2.19. The van der Waals surface area contributed by atoms with E-state index in [1.54, 1.807) is 6.07 Å². The first-order valence-corrected chi connectivity index (χ1v) is 6.91. The normalized spacial score (nSPS) is 23.0. The highest BCUT2D eigenvalue weighted by Crippen LogP contribution is 2.37. The van der Waals surface area contributed by atoms with E-state index in [4.69, 9.17) is 0 Å². The lowest BCUT2D eigenvalue weighted by atomic mass is 9.84. The monoisotopic (exact) mass is 302 g/mol. The average molecular weight is 302 g/mol. The molecule has 1 aromatic carbocycles. The molecular weight excluding hydrogens is 285 g/mol. The fourth-order valence-corrected chi connectivity index (χ4v) is 2.80. The molecule has 0 amide bonds. The molecule has 0 saturated heterocycles. The Morgan fingerprint density at radius 2 is 2.00 bits per heavy atom. The molecule has 1 aromatic rings. The second kappa shape index (κ2) is 6.43. The molecule has 116 valence electrons. The number of rotatable bonds is 4. The summed E-state index contributed by atoms with van der Waals surface area (Å²) < 4.78 is 38.9. The van der Waals surface area contributed by atoms with Crippen LogP contribution in [0.4, 0.5) is 18.9 Å². The van der Waals surface area contributed by atoms with Crippen LogP contribution in [-0.2, 0) is 6.54 Å². The lowest BCUT2D eigenvalue weighted by Gasteiger charge is -2.33. The van der Waals surface area contributed by atoms with E-state index in [0.717, 1.165) is 6.42 Å². The molecule has 1 saturated carbocycles. The summed E-state index contributed by atoms with van der Waals surface area (Å²) in [5.74, 6) is -1.33. The third-order valence-electron chi connectivity index (χ3n) is 3.88. The first-order chi connectivity index (χ1) is 9.88. The lowest BCUT2D eigenvalue weighted by Crippen LogP contribution is -2.45. The molecule has 2 atom stereocenters. The van der Waals surface area contributed by atoms with Gasteiger partial charge >= 0.3 is 6.18 Å². The van der Waals surface area contributed by atoms with Crippen molar-refractivity contribution in [1.29, 1.82) is 0 Å². The Bertz CT molecular complexity index is 505. The van der Waals surface area contributed by atoms with Gasteiger partial charge in [-0.15, -0.1) is 0 Å². The van der Waals surface area contributed by atoms with Gasteiger partial charge in [-0.25, -0.2) is 0 Å². The van der Waals surface area contributed by atoms with Crippen LogP contribution >= 0.6 is 0 Å². The number of nitrogens with zero attached hydrogens (tertiary/aromatic N) is 1. The molecule has 2 unspecified atom stereocenters. The molecule has 2 rings (SSSR count). The Labute approximate surface area is 120 Å². The highest BCUT2D eigenvalue weighted by atomic mass is 19.4. The Morgan fingerprint density at radius 3 is 2.67 bits per heavy atom. The molecular formula is C14H17F3N2O2. The zero-order valence-electron chi connectivity index (χ0n) is 11.4. The number of hydrogen-bond donors (Lipinski definition) is 1. The van der Waals surface area contributed by atoms with Gasteiger partial charge in [-0.1, -0.05) is 25.0 Å². The van der Waals surface area contributed by atoms with Crippen LogP contribution in [0.3, 0.4) is 0 Å². The summed E-state index contributed by atoms with van der Waals surface area (Å²) in [5.41, 5.74) is 0.570. The van der Waals surface area contributed by atoms with Crippen LogP contribution in [0, 0.1) is 16.0 Å². The highest BCUT2D eigenvalue weighted by Gasteiger charge is 2.45. The third kappa shape index (κ3) is 4.17. The number of nitro benzene ring substituents is 1. The molecule has 21 heavy (non-hydrogen) atoms. The predicted octanol–water partition coefficient (Wildman–Crippen LogP) is 3.81. The quantitative estimate of drug-likeness (QED) is 0.680. The van der Waals surface area contributed by atoms with E-state index in [9.17, 15) is 23.3 Å². The molecule has 0 aromatic heterocycles. The van der Waals surface area contributed by atoms with Crippen LogP contribution in [0.5, 0.6) is 0 Å². The Kier molecular flexibility index (Phi) is 4.82. The van der Waals surface area contributed by atoms with Crippen molar-refractivity contribution in [1.82, 2.24) is 5.32 Å². The van der Waals surface area contributed by atoms with Crippen molar-refractivity contribution in [3.8, 4) is 0 Å². The van der Waals surface area contributed by atoms with Gasteiger partial charge < -0.3 is 5.32 Å². The van der Waals surface area contributed by atoms with Gasteiger partial charge in [0.15, 0.2) is 0 Å². The van der Waals surface area contributed by atoms with Gasteiger partial charge in [0, 0.05) is 24.7 Å². The van der Waals surface area contributed by atoms with Crippen molar-refractivity contribution in [2.45, 2.75) is 44.4 Å². The number of non-ortho nitro benzene ring substituents is 1. The minimum Gasteiger partial charge on any atom is -0.309 e. The number of benzene rings is 1. The van der Waals surface area contributed by atoms with Gasteiger partial charge in [-0.2, -0.15) is 13.2 Å². The maximum Gasteiger partial charge on any atom is 0.393 e. The zero-order valence-corrected chi connectivity index (χ0v) is 11.4. The summed E-state index contributed by atoms with van der Waals surface area (Å²) in [6, 6.07) is 5.35. The fourth-order valence-electron chi connectivity index (χ4n) is 2.80. The molecule has 0 radical (unpaired) electrons. The van der Waals surface area contributed by atoms with E-state index < -0.39 is 23.1 Å². The summed E-state index contributed by atoms with van der Waals surface area (Å²) >= 11 is 0. The van der Waals surface area contributed by atoms with Gasteiger partial charge in [-0.05, 0) is 18.4 Å². The van der Waals surface area contributed by atoms with E-state index in [-0.39, 0.29) is 18.7 Å². The van der Waals surface area contributed by atoms with Crippen LogP contribution in [0.25, 0.3) is 0 Å². The molecule has 4 nitrogen and oxygen atoms in total. The lowest BCUT2D eigenvalue weighted by molar-refractivity contribution is -0.384. The van der Waals surface area contributed by atoms with Gasteiger partial charge in [0.25, 0.3) is 5.69 Å². The van der Waals surface area contributed by atoms with Crippen molar-refractivity contribution in [3.05, 3.63) is 39.9 Å². The van der Waals surface area contributed by atoms with Crippen LogP contribution in [0.1, 0.15) is 31.2 Å². The van der Waals surface area contributed by atoms with E-state index in [1.165, 1.54) is 18.2 Å². The number of nitrogens with one attached hydrogen (secondary N) is 1. The third-order valence-corrected chi connectivity index (χ3v) is 3.88. The van der Waals surface area contributed by atoms with E-state index >= 15 is 0 Å².